The van der Waals surface area contributed by atoms with Gasteiger partial charge in [0.05, 0.1) is 5.56 Å². The fourth-order valence-electron chi connectivity index (χ4n) is 1.63. The molecule has 108 valence electrons. The summed E-state index contributed by atoms with van der Waals surface area (Å²) in [6, 6.07) is 5.52. The molecular weight excluding hydrogens is 288 g/mol. The molecule has 0 unspecified atom stereocenters. The molecule has 0 fully saturated rings. The van der Waals surface area contributed by atoms with Crippen molar-refractivity contribution in [1.82, 2.24) is 15.3 Å². The van der Waals surface area contributed by atoms with Crippen molar-refractivity contribution in [1.29, 1.82) is 0 Å². The second-order valence-corrected chi connectivity index (χ2v) is 4.81. The number of nitrogens with zero attached hydrogens (tertiary/aromatic N) is 2. The van der Waals surface area contributed by atoms with E-state index in [-0.39, 0.29) is 5.91 Å². The number of carbonyl (C=O) groups is 1. The van der Waals surface area contributed by atoms with Gasteiger partial charge >= 0.3 is 0 Å². The molecule has 2 N–H and O–H groups in total. The van der Waals surface area contributed by atoms with Gasteiger partial charge < -0.3 is 10.6 Å². The summed E-state index contributed by atoms with van der Waals surface area (Å²) >= 11 is 5.96. The van der Waals surface area contributed by atoms with E-state index in [0.29, 0.717) is 23.1 Å². The number of rotatable bonds is 5. The average molecular weight is 303 g/mol. The quantitative estimate of drug-likeness (QED) is 0.833. The second kappa shape index (κ2) is 6.85. The van der Waals surface area contributed by atoms with E-state index in [4.69, 9.17) is 11.6 Å². The van der Waals surface area contributed by atoms with Gasteiger partial charge in [-0.25, -0.2) is 9.97 Å². The standard InChI is InChI=1S/C15H15ClN4O/c1-3-6-17-14(21)11-8-18-15(19-9-11)20-13-7-12(16)5-4-10(13)2/h3-5,7-9H,1,6H2,2H3,(H,17,21)(H,18,19,20). The first-order valence-corrected chi connectivity index (χ1v) is 6.72. The van der Waals surface area contributed by atoms with Crippen molar-refractivity contribution >= 4 is 29.1 Å². The predicted octanol–water partition coefficient (Wildman–Crippen LogP) is 3.10. The molecule has 1 heterocycles. The second-order valence-electron chi connectivity index (χ2n) is 4.38. The molecule has 0 spiro atoms. The van der Waals surface area contributed by atoms with Gasteiger partial charge in [0, 0.05) is 29.6 Å². The van der Waals surface area contributed by atoms with Crippen LogP contribution in [-0.2, 0) is 0 Å². The fourth-order valence-corrected chi connectivity index (χ4v) is 1.80. The number of carbonyl (C=O) groups excluding carboxylic acids is 1. The van der Waals surface area contributed by atoms with Crippen LogP contribution in [0.5, 0.6) is 0 Å². The monoisotopic (exact) mass is 302 g/mol. The maximum atomic E-state index is 11.7. The first-order chi connectivity index (χ1) is 10.1. The highest BCUT2D eigenvalue weighted by Gasteiger charge is 2.07. The number of amides is 1. The largest absolute Gasteiger partial charge is 0.348 e. The van der Waals surface area contributed by atoms with Crippen molar-refractivity contribution in [3.63, 3.8) is 0 Å². The van der Waals surface area contributed by atoms with Gasteiger partial charge in [0.15, 0.2) is 0 Å². The summed E-state index contributed by atoms with van der Waals surface area (Å²) in [6.45, 7) is 5.89. The lowest BCUT2D eigenvalue weighted by Gasteiger charge is -2.08. The summed E-state index contributed by atoms with van der Waals surface area (Å²) in [5, 5.41) is 6.36. The number of anilines is 2. The van der Waals surface area contributed by atoms with Gasteiger partial charge in [-0.15, -0.1) is 6.58 Å². The molecule has 2 rings (SSSR count). The molecule has 21 heavy (non-hydrogen) atoms. The number of halogens is 1. The Labute approximate surface area is 128 Å². The van der Waals surface area contributed by atoms with E-state index in [1.165, 1.54) is 12.4 Å². The molecule has 1 aromatic heterocycles. The lowest BCUT2D eigenvalue weighted by Crippen LogP contribution is -2.23. The number of aryl methyl sites for hydroxylation is 1. The molecule has 0 radical (unpaired) electrons. The van der Waals surface area contributed by atoms with Crippen molar-refractivity contribution in [2.75, 3.05) is 11.9 Å². The van der Waals surface area contributed by atoms with Crippen LogP contribution in [0.1, 0.15) is 15.9 Å². The number of hydrogen-bond acceptors (Lipinski definition) is 4. The fraction of sp³-hybridized carbons (Fsp3) is 0.133. The molecule has 0 saturated heterocycles. The van der Waals surface area contributed by atoms with Crippen LogP contribution in [0.2, 0.25) is 5.02 Å². The molecule has 1 amide bonds. The molecule has 2 aromatic rings. The van der Waals surface area contributed by atoms with Gasteiger partial charge in [0.25, 0.3) is 5.91 Å². The van der Waals surface area contributed by atoms with E-state index >= 15 is 0 Å². The third-order valence-electron chi connectivity index (χ3n) is 2.77. The van der Waals surface area contributed by atoms with Gasteiger partial charge in [-0.2, -0.15) is 0 Å². The number of aromatic nitrogens is 2. The molecule has 6 heteroatoms. The van der Waals surface area contributed by atoms with Crippen molar-refractivity contribution in [3.8, 4) is 0 Å². The van der Waals surface area contributed by atoms with Crippen LogP contribution in [0, 0.1) is 6.92 Å². The minimum absolute atomic E-state index is 0.236. The average Bonchev–Trinajstić information content (AvgIpc) is 2.49. The van der Waals surface area contributed by atoms with E-state index in [2.05, 4.69) is 27.2 Å². The van der Waals surface area contributed by atoms with Gasteiger partial charge in [-0.1, -0.05) is 23.7 Å². The minimum Gasteiger partial charge on any atom is -0.348 e. The highest BCUT2D eigenvalue weighted by molar-refractivity contribution is 6.30. The number of hydrogen-bond donors (Lipinski definition) is 2. The molecule has 0 aliphatic carbocycles. The highest BCUT2D eigenvalue weighted by Crippen LogP contribution is 2.22. The Kier molecular flexibility index (Phi) is 4.90. The topological polar surface area (TPSA) is 66.9 Å². The Morgan fingerprint density at radius 1 is 1.38 bits per heavy atom. The molecule has 0 bridgehead atoms. The Hall–Kier alpha value is -2.40. The van der Waals surface area contributed by atoms with Gasteiger partial charge in [-0.05, 0) is 24.6 Å². The molecule has 0 aliphatic rings. The summed E-state index contributed by atoms with van der Waals surface area (Å²) in [4.78, 5) is 19.9. The van der Waals surface area contributed by atoms with Gasteiger partial charge in [0.1, 0.15) is 0 Å². The molecule has 0 aliphatic heterocycles. The Balaban J connectivity index is 2.10. The SMILES string of the molecule is C=CCNC(=O)c1cnc(Nc2cc(Cl)ccc2C)nc1. The number of benzene rings is 1. The number of nitrogens with one attached hydrogen (secondary N) is 2. The maximum absolute atomic E-state index is 11.7. The van der Waals surface area contributed by atoms with Crippen LogP contribution in [-0.4, -0.2) is 22.4 Å². The van der Waals surface area contributed by atoms with E-state index in [9.17, 15) is 4.79 Å². The van der Waals surface area contributed by atoms with E-state index in [1.807, 2.05) is 19.1 Å². The van der Waals surface area contributed by atoms with E-state index < -0.39 is 0 Å². The van der Waals surface area contributed by atoms with Crippen LogP contribution in [0.3, 0.4) is 0 Å². The third-order valence-corrected chi connectivity index (χ3v) is 3.00. The van der Waals surface area contributed by atoms with Crippen LogP contribution >= 0.6 is 11.6 Å². The zero-order chi connectivity index (χ0) is 15.2. The molecule has 0 atom stereocenters. The zero-order valence-electron chi connectivity index (χ0n) is 11.6. The summed E-state index contributed by atoms with van der Waals surface area (Å²) in [7, 11) is 0. The summed E-state index contributed by atoms with van der Waals surface area (Å²) < 4.78 is 0. The Bertz CT molecular complexity index is 655. The predicted molar refractivity (Wildman–Crippen MR) is 84.0 cm³/mol. The third kappa shape index (κ3) is 4.03. The van der Waals surface area contributed by atoms with E-state index in [1.54, 1.807) is 12.1 Å². The van der Waals surface area contributed by atoms with Crippen molar-refractivity contribution in [3.05, 3.63) is 59.4 Å². The summed E-state index contributed by atoms with van der Waals surface area (Å²) in [5.41, 5.74) is 2.24. The maximum Gasteiger partial charge on any atom is 0.254 e. The Morgan fingerprint density at radius 3 is 2.76 bits per heavy atom. The van der Waals surface area contributed by atoms with Crippen molar-refractivity contribution in [2.45, 2.75) is 6.92 Å². The highest BCUT2D eigenvalue weighted by atomic mass is 35.5. The van der Waals surface area contributed by atoms with Crippen LogP contribution in [0.15, 0.2) is 43.2 Å². The van der Waals surface area contributed by atoms with Crippen LogP contribution in [0.25, 0.3) is 0 Å². The normalized spacial score (nSPS) is 10.0. The lowest BCUT2D eigenvalue weighted by molar-refractivity contribution is 0.0957. The zero-order valence-corrected chi connectivity index (χ0v) is 12.3. The minimum atomic E-state index is -0.236. The molecule has 5 nitrogen and oxygen atoms in total. The molecule has 0 saturated carbocycles. The van der Waals surface area contributed by atoms with Crippen molar-refractivity contribution in [2.24, 2.45) is 0 Å². The Morgan fingerprint density at radius 2 is 2.10 bits per heavy atom. The first-order valence-electron chi connectivity index (χ1n) is 6.34. The van der Waals surface area contributed by atoms with Crippen LogP contribution in [0.4, 0.5) is 11.6 Å². The van der Waals surface area contributed by atoms with Gasteiger partial charge in [-0.3, -0.25) is 4.79 Å². The molecule has 1 aromatic carbocycles. The van der Waals surface area contributed by atoms with E-state index in [0.717, 1.165) is 11.3 Å². The smallest absolute Gasteiger partial charge is 0.254 e. The van der Waals surface area contributed by atoms with Gasteiger partial charge in [0.2, 0.25) is 5.95 Å². The lowest BCUT2D eigenvalue weighted by atomic mass is 10.2. The first kappa shape index (κ1) is 15.0. The summed E-state index contributed by atoms with van der Waals surface area (Å²) in [6.07, 6.45) is 4.54. The molecular formula is C15H15ClN4O. The summed E-state index contributed by atoms with van der Waals surface area (Å²) in [5.74, 6) is 0.168. The van der Waals surface area contributed by atoms with Crippen molar-refractivity contribution < 1.29 is 4.79 Å². The van der Waals surface area contributed by atoms with Crippen LogP contribution < -0.4 is 10.6 Å².